The van der Waals surface area contributed by atoms with Gasteiger partial charge >= 0.3 is 5.69 Å². The van der Waals surface area contributed by atoms with Crippen LogP contribution in [0.15, 0.2) is 75.6 Å². The second kappa shape index (κ2) is 9.65. The van der Waals surface area contributed by atoms with Gasteiger partial charge in [0.1, 0.15) is 17.0 Å². The summed E-state index contributed by atoms with van der Waals surface area (Å²) in [5.41, 5.74) is 1.65. The van der Waals surface area contributed by atoms with Gasteiger partial charge < -0.3 is 10.1 Å². The molecule has 2 aromatic heterocycles. The molecule has 4 rings (SSSR count). The Hall–Kier alpha value is -3.65. The minimum atomic E-state index is -0.476. The summed E-state index contributed by atoms with van der Waals surface area (Å²) in [6.45, 7) is 0.425. The summed E-state index contributed by atoms with van der Waals surface area (Å²) in [4.78, 5) is 38.6. The molecular formula is C24H23N3O4S. The van der Waals surface area contributed by atoms with Crippen LogP contribution in [-0.2, 0) is 30.8 Å². The van der Waals surface area contributed by atoms with Crippen LogP contribution in [0.5, 0.6) is 5.75 Å². The molecule has 0 unspecified atom stereocenters. The molecule has 0 radical (unpaired) electrons. The summed E-state index contributed by atoms with van der Waals surface area (Å²) >= 11 is 1.28. The van der Waals surface area contributed by atoms with Crippen molar-refractivity contribution in [2.45, 2.75) is 26.1 Å². The number of nitrogens with one attached hydrogen (secondary N) is 1. The second-order valence-electron chi connectivity index (χ2n) is 7.32. The van der Waals surface area contributed by atoms with Crippen LogP contribution in [-0.4, -0.2) is 22.2 Å². The van der Waals surface area contributed by atoms with E-state index in [-0.39, 0.29) is 24.6 Å². The third-order valence-corrected chi connectivity index (χ3v) is 6.15. The van der Waals surface area contributed by atoms with Crippen molar-refractivity contribution in [3.8, 4) is 5.75 Å². The number of aryl methyl sites for hydroxylation is 1. The Balaban J connectivity index is 1.54. The summed E-state index contributed by atoms with van der Waals surface area (Å²) in [5, 5.41) is 4.60. The Morgan fingerprint density at radius 3 is 2.44 bits per heavy atom. The lowest BCUT2D eigenvalue weighted by Crippen LogP contribution is -2.42. The number of nitrogens with zero attached hydrogens (tertiary/aromatic N) is 2. The first-order chi connectivity index (χ1) is 15.6. The minimum absolute atomic E-state index is 0.159. The van der Waals surface area contributed by atoms with Crippen LogP contribution in [0.1, 0.15) is 11.1 Å². The van der Waals surface area contributed by atoms with Crippen LogP contribution in [0, 0.1) is 0 Å². The molecule has 4 aromatic rings. The van der Waals surface area contributed by atoms with Gasteiger partial charge in [0.25, 0.3) is 5.56 Å². The SMILES string of the molecule is COc1ccc(CNC(=O)Cn2c(=O)n(CCc3ccccc3)c(=O)c3sccc32)cc1. The molecule has 0 saturated carbocycles. The monoisotopic (exact) mass is 449 g/mol. The Labute approximate surface area is 188 Å². The lowest BCUT2D eigenvalue weighted by molar-refractivity contribution is -0.121. The standard InChI is InChI=1S/C24H23N3O4S/c1-31-19-9-7-18(8-10-19)15-25-21(28)16-27-20-12-14-32-22(20)23(29)26(24(27)30)13-11-17-5-3-2-4-6-17/h2-10,12,14H,11,13,15-16H2,1H3,(H,25,28). The number of carbonyl (C=O) groups is 1. The first-order valence-electron chi connectivity index (χ1n) is 10.2. The molecule has 0 atom stereocenters. The number of benzene rings is 2. The van der Waals surface area contributed by atoms with E-state index in [4.69, 9.17) is 4.74 Å². The predicted octanol–water partition coefficient (Wildman–Crippen LogP) is 2.79. The highest BCUT2D eigenvalue weighted by Gasteiger charge is 2.16. The fourth-order valence-corrected chi connectivity index (χ4v) is 4.36. The fraction of sp³-hybridized carbons (Fsp3) is 0.208. The third-order valence-electron chi connectivity index (χ3n) is 5.25. The molecule has 2 aromatic carbocycles. The Morgan fingerprint density at radius 2 is 1.72 bits per heavy atom. The second-order valence-corrected chi connectivity index (χ2v) is 8.24. The quantitative estimate of drug-likeness (QED) is 0.449. The van der Waals surface area contributed by atoms with Gasteiger partial charge in [0.05, 0.1) is 12.6 Å². The number of methoxy groups -OCH3 is 1. The van der Waals surface area contributed by atoms with E-state index in [1.807, 2.05) is 54.6 Å². The van der Waals surface area contributed by atoms with E-state index in [2.05, 4.69) is 5.32 Å². The first kappa shape index (κ1) is 21.6. The maximum atomic E-state index is 13.1. The van der Waals surface area contributed by atoms with E-state index in [1.165, 1.54) is 20.5 Å². The van der Waals surface area contributed by atoms with Gasteiger partial charge in [0.2, 0.25) is 5.91 Å². The molecule has 0 bridgehead atoms. The van der Waals surface area contributed by atoms with Crippen molar-refractivity contribution >= 4 is 27.5 Å². The summed E-state index contributed by atoms with van der Waals surface area (Å²) in [6, 6.07) is 18.8. The van der Waals surface area contributed by atoms with Crippen LogP contribution in [0.2, 0.25) is 0 Å². The van der Waals surface area contributed by atoms with E-state index in [9.17, 15) is 14.4 Å². The number of rotatable bonds is 8. The van der Waals surface area contributed by atoms with Crippen molar-refractivity contribution in [2.75, 3.05) is 7.11 Å². The van der Waals surface area contributed by atoms with Gasteiger partial charge in [0, 0.05) is 13.1 Å². The zero-order valence-electron chi connectivity index (χ0n) is 17.6. The smallest absolute Gasteiger partial charge is 0.332 e. The highest BCUT2D eigenvalue weighted by atomic mass is 32.1. The van der Waals surface area contributed by atoms with Gasteiger partial charge in [-0.1, -0.05) is 42.5 Å². The molecule has 32 heavy (non-hydrogen) atoms. The molecule has 2 heterocycles. The normalized spacial score (nSPS) is 10.9. The molecule has 0 aliphatic carbocycles. The van der Waals surface area contributed by atoms with Crippen molar-refractivity contribution in [3.63, 3.8) is 0 Å². The van der Waals surface area contributed by atoms with Gasteiger partial charge in [-0.15, -0.1) is 11.3 Å². The summed E-state index contributed by atoms with van der Waals surface area (Å²) in [7, 11) is 1.60. The highest BCUT2D eigenvalue weighted by molar-refractivity contribution is 7.17. The van der Waals surface area contributed by atoms with Crippen molar-refractivity contribution < 1.29 is 9.53 Å². The molecule has 0 spiro atoms. The molecule has 8 heteroatoms. The number of ether oxygens (including phenoxy) is 1. The topological polar surface area (TPSA) is 82.3 Å². The zero-order valence-corrected chi connectivity index (χ0v) is 18.4. The molecule has 1 amide bonds. The number of amides is 1. The average Bonchev–Trinajstić information content (AvgIpc) is 3.31. The van der Waals surface area contributed by atoms with Crippen molar-refractivity contribution in [1.82, 2.24) is 14.5 Å². The van der Waals surface area contributed by atoms with Gasteiger partial charge in [-0.05, 0) is 41.1 Å². The predicted molar refractivity (Wildman–Crippen MR) is 125 cm³/mol. The Kier molecular flexibility index (Phi) is 6.51. The van der Waals surface area contributed by atoms with E-state index >= 15 is 0 Å². The largest absolute Gasteiger partial charge is 0.497 e. The van der Waals surface area contributed by atoms with Crippen molar-refractivity contribution in [3.05, 3.63) is 98.0 Å². The van der Waals surface area contributed by atoms with Crippen LogP contribution in [0.25, 0.3) is 10.2 Å². The van der Waals surface area contributed by atoms with E-state index in [0.29, 0.717) is 23.2 Å². The van der Waals surface area contributed by atoms with Crippen LogP contribution in [0.3, 0.4) is 0 Å². The summed E-state index contributed by atoms with van der Waals surface area (Å²) in [5.74, 6) is 0.438. The van der Waals surface area contributed by atoms with Crippen LogP contribution >= 0.6 is 11.3 Å². The minimum Gasteiger partial charge on any atom is -0.497 e. The number of thiophene rings is 1. The first-order valence-corrected chi connectivity index (χ1v) is 11.1. The fourth-order valence-electron chi connectivity index (χ4n) is 3.51. The average molecular weight is 450 g/mol. The highest BCUT2D eigenvalue weighted by Crippen LogP contribution is 2.15. The van der Waals surface area contributed by atoms with Crippen molar-refractivity contribution in [1.29, 1.82) is 0 Å². The molecule has 0 fully saturated rings. The van der Waals surface area contributed by atoms with E-state index in [1.54, 1.807) is 18.6 Å². The number of carbonyl (C=O) groups excluding carboxylic acids is 1. The van der Waals surface area contributed by atoms with E-state index in [0.717, 1.165) is 16.9 Å². The molecule has 164 valence electrons. The van der Waals surface area contributed by atoms with Gasteiger partial charge in [0.15, 0.2) is 0 Å². The lowest BCUT2D eigenvalue weighted by Gasteiger charge is -2.13. The number of aromatic nitrogens is 2. The third kappa shape index (κ3) is 4.65. The van der Waals surface area contributed by atoms with Crippen LogP contribution in [0.4, 0.5) is 0 Å². The number of hydrogen-bond acceptors (Lipinski definition) is 5. The van der Waals surface area contributed by atoms with Crippen LogP contribution < -0.4 is 21.3 Å². The molecule has 0 aliphatic heterocycles. The molecule has 0 aliphatic rings. The van der Waals surface area contributed by atoms with E-state index < -0.39 is 5.69 Å². The van der Waals surface area contributed by atoms with Gasteiger partial charge in [-0.2, -0.15) is 0 Å². The summed E-state index contributed by atoms with van der Waals surface area (Å²) in [6.07, 6.45) is 0.552. The molecule has 1 N–H and O–H groups in total. The van der Waals surface area contributed by atoms with Gasteiger partial charge in [-0.25, -0.2) is 4.79 Å². The molecule has 7 nitrogen and oxygen atoms in total. The number of fused-ring (bicyclic) bond motifs is 1. The maximum Gasteiger partial charge on any atom is 0.332 e. The maximum absolute atomic E-state index is 13.1. The molecule has 0 saturated heterocycles. The lowest BCUT2D eigenvalue weighted by atomic mass is 10.1. The zero-order chi connectivity index (χ0) is 22.5. The number of hydrogen-bond donors (Lipinski definition) is 1. The van der Waals surface area contributed by atoms with Crippen molar-refractivity contribution in [2.24, 2.45) is 0 Å². The Bertz CT molecular complexity index is 1340. The summed E-state index contributed by atoms with van der Waals surface area (Å²) < 4.78 is 8.21. The van der Waals surface area contributed by atoms with Gasteiger partial charge in [-0.3, -0.25) is 18.7 Å². The Morgan fingerprint density at radius 1 is 0.969 bits per heavy atom. The molecular weight excluding hydrogens is 426 g/mol.